The average molecular weight is 372 g/mol. The maximum absolute atomic E-state index is 3.82. The fraction of sp³-hybridized carbons (Fsp3) is 0.481. The van der Waals surface area contributed by atoms with E-state index in [2.05, 4.69) is 80.9 Å². The molecule has 1 saturated carbocycles. The second kappa shape index (κ2) is 7.67. The summed E-state index contributed by atoms with van der Waals surface area (Å²) in [5, 5.41) is 1.45. The van der Waals surface area contributed by atoms with E-state index in [9.17, 15) is 0 Å². The highest BCUT2D eigenvalue weighted by molar-refractivity contribution is 5.85. The number of allylic oxidation sites excluding steroid dienone is 4. The summed E-state index contributed by atoms with van der Waals surface area (Å²) in [6.07, 6.45) is 14.1. The van der Waals surface area contributed by atoms with Crippen molar-refractivity contribution in [1.82, 2.24) is 4.98 Å². The molecule has 1 atom stereocenters. The van der Waals surface area contributed by atoms with Crippen LogP contribution in [0.1, 0.15) is 75.6 Å². The van der Waals surface area contributed by atoms with Crippen LogP contribution in [-0.2, 0) is 6.42 Å². The lowest BCUT2D eigenvalue weighted by atomic mass is 9.66. The SMILES string of the molecule is CCCc1c(C2CCC(C)(C3=CC#CC(C)C=C3)CC2)[nH]c2ccc(C)cc12. The minimum atomic E-state index is 0.263. The Hall–Kier alpha value is -2.20. The molecule has 1 fully saturated rings. The molecule has 1 heterocycles. The zero-order chi connectivity index (χ0) is 19.7. The van der Waals surface area contributed by atoms with Gasteiger partial charge >= 0.3 is 0 Å². The topological polar surface area (TPSA) is 15.8 Å². The summed E-state index contributed by atoms with van der Waals surface area (Å²) >= 11 is 0. The van der Waals surface area contributed by atoms with Crippen LogP contribution in [0.15, 0.2) is 42.0 Å². The zero-order valence-electron chi connectivity index (χ0n) is 17.9. The molecule has 28 heavy (non-hydrogen) atoms. The molecule has 2 aliphatic carbocycles. The Kier molecular flexibility index (Phi) is 5.24. The summed E-state index contributed by atoms with van der Waals surface area (Å²) in [5.74, 6) is 7.59. The van der Waals surface area contributed by atoms with Gasteiger partial charge in [0, 0.05) is 22.5 Å². The highest BCUT2D eigenvalue weighted by Crippen LogP contribution is 2.48. The summed E-state index contributed by atoms with van der Waals surface area (Å²) in [6.45, 7) is 9.11. The van der Waals surface area contributed by atoms with Crippen LogP contribution in [0.25, 0.3) is 10.9 Å². The first kappa shape index (κ1) is 19.1. The predicted octanol–water partition coefficient (Wildman–Crippen LogP) is 7.23. The van der Waals surface area contributed by atoms with Gasteiger partial charge in [0.1, 0.15) is 0 Å². The van der Waals surface area contributed by atoms with E-state index in [1.165, 1.54) is 66.3 Å². The van der Waals surface area contributed by atoms with Crippen LogP contribution in [0.4, 0.5) is 0 Å². The molecular weight excluding hydrogens is 338 g/mol. The van der Waals surface area contributed by atoms with Crippen molar-refractivity contribution >= 4 is 10.9 Å². The van der Waals surface area contributed by atoms with E-state index in [0.29, 0.717) is 11.8 Å². The van der Waals surface area contributed by atoms with Crippen molar-refractivity contribution in [3.63, 3.8) is 0 Å². The van der Waals surface area contributed by atoms with Crippen LogP contribution in [0, 0.1) is 30.1 Å². The first-order chi connectivity index (χ1) is 13.5. The Labute approximate surface area is 170 Å². The standard InChI is InChI=1S/C27H33N/c1-5-7-23-24-18-20(3)11-13-25(24)28-26(23)21-14-16-27(4,17-15-21)22-9-6-8-19(2)10-12-22/h9-13,18-19,21,28H,5,7,14-17H2,1-4H3. The molecule has 1 heteroatoms. The van der Waals surface area contributed by atoms with Gasteiger partial charge in [-0.05, 0) is 86.6 Å². The summed E-state index contributed by atoms with van der Waals surface area (Å²) < 4.78 is 0. The number of hydrogen-bond donors (Lipinski definition) is 1. The number of aryl methyl sites for hydroxylation is 2. The van der Waals surface area contributed by atoms with Crippen molar-refractivity contribution in [2.24, 2.45) is 11.3 Å². The molecule has 1 aromatic heterocycles. The number of aromatic amines is 1. The lowest BCUT2D eigenvalue weighted by Gasteiger charge is -2.38. The van der Waals surface area contributed by atoms with E-state index in [0.717, 1.165) is 0 Å². The van der Waals surface area contributed by atoms with Crippen LogP contribution in [0.2, 0.25) is 0 Å². The first-order valence-corrected chi connectivity index (χ1v) is 11.0. The molecule has 0 aliphatic heterocycles. The third kappa shape index (κ3) is 3.58. The highest BCUT2D eigenvalue weighted by atomic mass is 14.7. The molecule has 146 valence electrons. The lowest BCUT2D eigenvalue weighted by molar-refractivity contribution is 0.248. The minimum Gasteiger partial charge on any atom is -0.358 e. The van der Waals surface area contributed by atoms with E-state index in [4.69, 9.17) is 0 Å². The van der Waals surface area contributed by atoms with Crippen molar-refractivity contribution in [2.45, 2.75) is 72.1 Å². The van der Waals surface area contributed by atoms with Gasteiger partial charge in [0.15, 0.2) is 0 Å². The number of benzene rings is 1. The molecular formula is C27H33N. The van der Waals surface area contributed by atoms with E-state index >= 15 is 0 Å². The van der Waals surface area contributed by atoms with Gasteiger partial charge in [0.05, 0.1) is 0 Å². The van der Waals surface area contributed by atoms with Crippen LogP contribution in [0.3, 0.4) is 0 Å². The van der Waals surface area contributed by atoms with E-state index in [1.807, 2.05) is 0 Å². The molecule has 1 unspecified atom stereocenters. The van der Waals surface area contributed by atoms with Crippen LogP contribution in [-0.4, -0.2) is 4.98 Å². The van der Waals surface area contributed by atoms with Crippen molar-refractivity contribution in [2.75, 3.05) is 0 Å². The van der Waals surface area contributed by atoms with Gasteiger partial charge < -0.3 is 4.98 Å². The number of H-pyrrole nitrogens is 1. The maximum Gasteiger partial charge on any atom is 0.0459 e. The van der Waals surface area contributed by atoms with Gasteiger partial charge in [-0.15, -0.1) is 0 Å². The summed E-state index contributed by atoms with van der Waals surface area (Å²) in [7, 11) is 0. The summed E-state index contributed by atoms with van der Waals surface area (Å²) in [5.41, 5.74) is 7.46. The molecule has 0 amide bonds. The van der Waals surface area contributed by atoms with Gasteiger partial charge in [0.2, 0.25) is 0 Å². The van der Waals surface area contributed by atoms with Crippen molar-refractivity contribution in [1.29, 1.82) is 0 Å². The molecule has 4 rings (SSSR count). The number of hydrogen-bond acceptors (Lipinski definition) is 0. The number of fused-ring (bicyclic) bond motifs is 1. The second-order valence-corrected chi connectivity index (χ2v) is 9.19. The van der Waals surface area contributed by atoms with E-state index in [-0.39, 0.29) is 5.41 Å². The van der Waals surface area contributed by atoms with E-state index < -0.39 is 0 Å². The van der Waals surface area contributed by atoms with Gasteiger partial charge in [-0.25, -0.2) is 0 Å². The van der Waals surface area contributed by atoms with Crippen molar-refractivity contribution in [3.8, 4) is 11.8 Å². The van der Waals surface area contributed by atoms with Crippen molar-refractivity contribution in [3.05, 3.63) is 58.8 Å². The Balaban J connectivity index is 1.59. The Morgan fingerprint density at radius 3 is 2.75 bits per heavy atom. The fourth-order valence-electron chi connectivity index (χ4n) is 5.05. The molecule has 0 bridgehead atoms. The highest BCUT2D eigenvalue weighted by Gasteiger charge is 2.35. The molecule has 1 N–H and O–H groups in total. The maximum atomic E-state index is 3.82. The zero-order valence-corrected chi connectivity index (χ0v) is 17.9. The molecule has 0 saturated heterocycles. The van der Waals surface area contributed by atoms with Gasteiger partial charge in [-0.1, -0.05) is 55.9 Å². The smallest absolute Gasteiger partial charge is 0.0459 e. The Morgan fingerprint density at radius 1 is 1.21 bits per heavy atom. The molecule has 2 aromatic rings. The predicted molar refractivity (Wildman–Crippen MR) is 121 cm³/mol. The molecule has 1 nitrogen and oxygen atoms in total. The quantitative estimate of drug-likeness (QED) is 0.546. The lowest BCUT2D eigenvalue weighted by Crippen LogP contribution is -2.25. The van der Waals surface area contributed by atoms with E-state index in [1.54, 1.807) is 5.56 Å². The third-order valence-electron chi connectivity index (χ3n) is 6.89. The molecule has 2 aliphatic rings. The summed E-state index contributed by atoms with van der Waals surface area (Å²) in [6, 6.07) is 6.86. The van der Waals surface area contributed by atoms with Crippen LogP contribution < -0.4 is 0 Å². The normalized spacial score (nSPS) is 27.2. The fourth-order valence-corrected chi connectivity index (χ4v) is 5.05. The number of rotatable bonds is 4. The Bertz CT molecular complexity index is 980. The number of nitrogens with one attached hydrogen (secondary N) is 1. The van der Waals surface area contributed by atoms with Crippen LogP contribution in [0.5, 0.6) is 0 Å². The van der Waals surface area contributed by atoms with Crippen molar-refractivity contribution < 1.29 is 0 Å². The van der Waals surface area contributed by atoms with Gasteiger partial charge in [0.25, 0.3) is 0 Å². The average Bonchev–Trinajstić information content (AvgIpc) is 2.87. The largest absolute Gasteiger partial charge is 0.358 e. The third-order valence-corrected chi connectivity index (χ3v) is 6.89. The second-order valence-electron chi connectivity index (χ2n) is 9.19. The van der Waals surface area contributed by atoms with Gasteiger partial charge in [-0.2, -0.15) is 0 Å². The number of aromatic nitrogens is 1. The molecule has 1 aromatic carbocycles. The first-order valence-electron chi connectivity index (χ1n) is 11.0. The summed E-state index contributed by atoms with van der Waals surface area (Å²) in [4.78, 5) is 3.82. The molecule has 0 spiro atoms. The monoisotopic (exact) mass is 371 g/mol. The van der Waals surface area contributed by atoms with Gasteiger partial charge in [-0.3, -0.25) is 0 Å². The van der Waals surface area contributed by atoms with Crippen LogP contribution >= 0.6 is 0 Å². The minimum absolute atomic E-state index is 0.263. The Morgan fingerprint density at radius 2 is 2.00 bits per heavy atom. The molecule has 0 radical (unpaired) electrons.